The fourth-order valence-corrected chi connectivity index (χ4v) is 3.83. The van der Waals surface area contributed by atoms with Gasteiger partial charge in [-0.1, -0.05) is 28.1 Å². The molecule has 1 saturated heterocycles. The molecule has 0 spiro atoms. The molecule has 148 valence electrons. The van der Waals surface area contributed by atoms with Crippen molar-refractivity contribution in [2.45, 2.75) is 32.2 Å². The topological polar surface area (TPSA) is 87.5 Å². The number of hydrogen-bond donors (Lipinski definition) is 3. The van der Waals surface area contributed by atoms with Gasteiger partial charge in [0.05, 0.1) is 17.4 Å². The molecular weight excluding hydrogens is 420 g/mol. The quantitative estimate of drug-likeness (QED) is 0.637. The summed E-state index contributed by atoms with van der Waals surface area (Å²) >= 11 is 3.45. The Morgan fingerprint density at radius 3 is 2.54 bits per heavy atom. The summed E-state index contributed by atoms with van der Waals surface area (Å²) in [5, 5.41) is 5.85. The SMILES string of the molecule is CC(NC(=O)Nc1cc(C(N)=O)ccc1N1CCCCC1)c1cccc(Br)c1. The molecule has 0 aliphatic carbocycles. The molecule has 0 radical (unpaired) electrons. The summed E-state index contributed by atoms with van der Waals surface area (Å²) in [7, 11) is 0. The van der Waals surface area contributed by atoms with E-state index in [-0.39, 0.29) is 12.1 Å². The Balaban J connectivity index is 1.77. The van der Waals surface area contributed by atoms with E-state index >= 15 is 0 Å². The van der Waals surface area contributed by atoms with Gasteiger partial charge in [-0.05, 0) is 62.1 Å². The van der Waals surface area contributed by atoms with Crippen molar-refractivity contribution in [2.24, 2.45) is 5.73 Å². The second-order valence-electron chi connectivity index (χ2n) is 7.02. The molecule has 1 heterocycles. The minimum absolute atomic E-state index is 0.171. The lowest BCUT2D eigenvalue weighted by molar-refractivity contribution is 0.100. The molecule has 3 rings (SSSR count). The Labute approximate surface area is 173 Å². The number of amides is 3. The first-order valence-corrected chi connectivity index (χ1v) is 10.2. The van der Waals surface area contributed by atoms with Crippen molar-refractivity contribution in [1.29, 1.82) is 0 Å². The van der Waals surface area contributed by atoms with Gasteiger partial charge in [0.1, 0.15) is 0 Å². The highest BCUT2D eigenvalue weighted by Crippen LogP contribution is 2.30. The molecule has 4 N–H and O–H groups in total. The van der Waals surface area contributed by atoms with Crippen LogP contribution in [0.4, 0.5) is 16.2 Å². The zero-order chi connectivity index (χ0) is 20.1. The summed E-state index contributed by atoms with van der Waals surface area (Å²) in [6.45, 7) is 3.79. The second kappa shape index (κ2) is 9.10. The number of carbonyl (C=O) groups excluding carboxylic acids is 2. The number of nitrogens with two attached hydrogens (primary N) is 1. The van der Waals surface area contributed by atoms with Gasteiger partial charge in [-0.15, -0.1) is 0 Å². The number of hydrogen-bond acceptors (Lipinski definition) is 3. The number of nitrogens with one attached hydrogen (secondary N) is 2. The molecule has 1 fully saturated rings. The van der Waals surface area contributed by atoms with Gasteiger partial charge < -0.3 is 21.3 Å². The van der Waals surface area contributed by atoms with E-state index in [1.165, 1.54) is 6.42 Å². The number of urea groups is 1. The molecule has 1 aliphatic rings. The molecule has 3 amide bonds. The molecule has 1 atom stereocenters. The van der Waals surface area contributed by atoms with E-state index in [0.29, 0.717) is 11.3 Å². The van der Waals surface area contributed by atoms with Crippen molar-refractivity contribution in [3.63, 3.8) is 0 Å². The number of nitrogens with zero attached hydrogens (tertiary/aromatic N) is 1. The Kier molecular flexibility index (Phi) is 6.57. The third kappa shape index (κ3) is 5.04. The summed E-state index contributed by atoms with van der Waals surface area (Å²) in [6, 6.07) is 12.5. The third-order valence-electron chi connectivity index (χ3n) is 4.92. The van der Waals surface area contributed by atoms with Crippen LogP contribution in [0.3, 0.4) is 0 Å². The smallest absolute Gasteiger partial charge is 0.319 e. The summed E-state index contributed by atoms with van der Waals surface area (Å²) in [5.41, 5.74) is 8.30. The van der Waals surface area contributed by atoms with Gasteiger partial charge in [0.25, 0.3) is 0 Å². The first-order valence-electron chi connectivity index (χ1n) is 9.46. The summed E-state index contributed by atoms with van der Waals surface area (Å²) in [4.78, 5) is 26.5. The lowest BCUT2D eigenvalue weighted by atomic mass is 10.1. The monoisotopic (exact) mass is 444 g/mol. The summed E-state index contributed by atoms with van der Waals surface area (Å²) in [6.07, 6.45) is 3.44. The maximum absolute atomic E-state index is 12.6. The van der Waals surface area contributed by atoms with Crippen LogP contribution in [0.2, 0.25) is 0 Å². The van der Waals surface area contributed by atoms with Crippen LogP contribution in [-0.2, 0) is 0 Å². The van der Waals surface area contributed by atoms with E-state index in [1.54, 1.807) is 12.1 Å². The zero-order valence-corrected chi connectivity index (χ0v) is 17.5. The maximum Gasteiger partial charge on any atom is 0.319 e. The summed E-state index contributed by atoms with van der Waals surface area (Å²) < 4.78 is 0.959. The van der Waals surface area contributed by atoms with Gasteiger partial charge >= 0.3 is 6.03 Å². The molecule has 2 aromatic carbocycles. The Bertz CT molecular complexity index is 865. The summed E-state index contributed by atoms with van der Waals surface area (Å²) in [5.74, 6) is -0.517. The van der Waals surface area contributed by atoms with Crippen LogP contribution >= 0.6 is 15.9 Å². The molecule has 28 heavy (non-hydrogen) atoms. The normalized spacial score (nSPS) is 15.0. The average molecular weight is 445 g/mol. The maximum atomic E-state index is 12.6. The van der Waals surface area contributed by atoms with Crippen LogP contribution in [0.15, 0.2) is 46.9 Å². The Morgan fingerprint density at radius 2 is 1.86 bits per heavy atom. The van der Waals surface area contributed by atoms with Gasteiger partial charge in [0.15, 0.2) is 0 Å². The average Bonchev–Trinajstić information content (AvgIpc) is 2.68. The van der Waals surface area contributed by atoms with Crippen molar-refractivity contribution in [2.75, 3.05) is 23.3 Å². The number of primary amides is 1. The van der Waals surface area contributed by atoms with E-state index < -0.39 is 5.91 Å². The lowest BCUT2D eigenvalue weighted by Gasteiger charge is -2.31. The minimum Gasteiger partial charge on any atom is -0.370 e. The van der Waals surface area contributed by atoms with Gasteiger partial charge in [0, 0.05) is 23.1 Å². The van der Waals surface area contributed by atoms with E-state index in [1.807, 2.05) is 37.3 Å². The minimum atomic E-state index is -0.517. The van der Waals surface area contributed by atoms with Crippen LogP contribution in [0, 0.1) is 0 Å². The number of carbonyl (C=O) groups is 2. The third-order valence-corrected chi connectivity index (χ3v) is 5.42. The molecule has 1 unspecified atom stereocenters. The van der Waals surface area contributed by atoms with Crippen molar-refractivity contribution in [3.8, 4) is 0 Å². The molecule has 0 saturated carbocycles. The highest BCUT2D eigenvalue weighted by Gasteiger charge is 2.18. The number of rotatable bonds is 5. The Morgan fingerprint density at radius 1 is 1.11 bits per heavy atom. The highest BCUT2D eigenvalue weighted by atomic mass is 79.9. The number of benzene rings is 2. The number of anilines is 2. The molecule has 2 aromatic rings. The van der Waals surface area contributed by atoms with E-state index in [9.17, 15) is 9.59 Å². The highest BCUT2D eigenvalue weighted by molar-refractivity contribution is 9.10. The van der Waals surface area contributed by atoms with Gasteiger partial charge in [0.2, 0.25) is 5.91 Å². The van der Waals surface area contributed by atoms with Crippen LogP contribution in [0.5, 0.6) is 0 Å². The molecule has 1 aliphatic heterocycles. The van der Waals surface area contributed by atoms with Crippen molar-refractivity contribution < 1.29 is 9.59 Å². The van der Waals surface area contributed by atoms with Crippen molar-refractivity contribution in [1.82, 2.24) is 5.32 Å². The van der Waals surface area contributed by atoms with Gasteiger partial charge in [-0.25, -0.2) is 4.79 Å². The largest absolute Gasteiger partial charge is 0.370 e. The Hall–Kier alpha value is -2.54. The zero-order valence-electron chi connectivity index (χ0n) is 15.9. The molecular formula is C21H25BrN4O2. The number of halogens is 1. The predicted molar refractivity (Wildman–Crippen MR) is 116 cm³/mol. The molecule has 0 bridgehead atoms. The van der Waals surface area contributed by atoms with Crippen molar-refractivity contribution in [3.05, 3.63) is 58.1 Å². The van der Waals surface area contributed by atoms with Gasteiger partial charge in [-0.2, -0.15) is 0 Å². The van der Waals surface area contributed by atoms with Crippen LogP contribution in [-0.4, -0.2) is 25.0 Å². The molecule has 7 heteroatoms. The second-order valence-corrected chi connectivity index (χ2v) is 7.93. The van der Waals surface area contributed by atoms with E-state index in [0.717, 1.165) is 41.7 Å². The van der Waals surface area contributed by atoms with Gasteiger partial charge in [-0.3, -0.25) is 4.79 Å². The van der Waals surface area contributed by atoms with Crippen LogP contribution < -0.4 is 21.3 Å². The van der Waals surface area contributed by atoms with Crippen molar-refractivity contribution >= 4 is 39.2 Å². The van der Waals surface area contributed by atoms with E-state index in [2.05, 4.69) is 31.5 Å². The predicted octanol–water partition coefficient (Wildman–Crippen LogP) is 4.42. The van der Waals surface area contributed by atoms with Crippen LogP contribution in [0.25, 0.3) is 0 Å². The van der Waals surface area contributed by atoms with E-state index in [4.69, 9.17) is 5.73 Å². The first kappa shape index (κ1) is 20.2. The fraction of sp³-hybridized carbons (Fsp3) is 0.333. The lowest BCUT2D eigenvalue weighted by Crippen LogP contribution is -2.34. The molecule has 0 aromatic heterocycles. The first-order chi connectivity index (χ1) is 13.4. The number of piperidine rings is 1. The van der Waals surface area contributed by atoms with Crippen LogP contribution in [0.1, 0.15) is 48.1 Å². The molecule has 6 nitrogen and oxygen atoms in total. The standard InChI is InChI=1S/C21H25BrN4O2/c1-14(15-6-5-7-17(22)12-15)24-21(28)25-18-13-16(20(23)27)8-9-19(18)26-10-3-2-4-11-26/h5-9,12-14H,2-4,10-11H2,1H3,(H2,23,27)(H2,24,25,28). The fourth-order valence-electron chi connectivity index (χ4n) is 3.41.